The summed E-state index contributed by atoms with van der Waals surface area (Å²) >= 11 is 0. The fourth-order valence-corrected chi connectivity index (χ4v) is 1.91. The molecule has 0 N–H and O–H groups in total. The van der Waals surface area contributed by atoms with E-state index in [-0.39, 0.29) is 5.63 Å². The molecule has 1 aromatic heterocycles. The summed E-state index contributed by atoms with van der Waals surface area (Å²) in [6, 6.07) is 5.96. The van der Waals surface area contributed by atoms with Gasteiger partial charge in [-0.15, -0.1) is 0 Å². The summed E-state index contributed by atoms with van der Waals surface area (Å²) in [5.41, 5.74) is 3.42. The fourth-order valence-electron chi connectivity index (χ4n) is 1.91. The number of benzene rings is 1. The number of hydrogen-bond acceptors (Lipinski definition) is 2. The third-order valence-electron chi connectivity index (χ3n) is 2.80. The lowest BCUT2D eigenvalue weighted by atomic mass is 10.0. The van der Waals surface area contributed by atoms with E-state index in [0.717, 1.165) is 28.5 Å². The first-order chi connectivity index (χ1) is 7.13. The van der Waals surface area contributed by atoms with Crippen LogP contribution >= 0.6 is 0 Å². The zero-order valence-corrected chi connectivity index (χ0v) is 9.26. The first-order valence-electron chi connectivity index (χ1n) is 5.16. The molecule has 0 amide bonds. The molecule has 2 nitrogen and oxygen atoms in total. The molecular weight excluding hydrogens is 188 g/mol. The summed E-state index contributed by atoms with van der Waals surface area (Å²) in [6.07, 6.45) is 0.720. The monoisotopic (exact) mass is 202 g/mol. The minimum Gasteiger partial charge on any atom is -0.423 e. The number of aryl methyl sites for hydroxylation is 2. The predicted octanol–water partition coefficient (Wildman–Crippen LogP) is 2.97. The summed E-state index contributed by atoms with van der Waals surface area (Å²) in [5.74, 6) is 0. The predicted molar refractivity (Wildman–Crippen MR) is 61.3 cm³/mol. The van der Waals surface area contributed by atoms with E-state index < -0.39 is 0 Å². The van der Waals surface area contributed by atoms with Crippen LogP contribution in [0, 0.1) is 13.8 Å². The molecule has 0 spiro atoms. The molecule has 2 heteroatoms. The van der Waals surface area contributed by atoms with Gasteiger partial charge in [0.05, 0.1) is 0 Å². The largest absolute Gasteiger partial charge is 0.423 e. The molecule has 0 fully saturated rings. The van der Waals surface area contributed by atoms with Gasteiger partial charge in [-0.3, -0.25) is 0 Å². The Hall–Kier alpha value is -1.57. The lowest BCUT2D eigenvalue weighted by molar-refractivity contribution is 0.549. The lowest BCUT2D eigenvalue weighted by Gasteiger charge is -2.05. The van der Waals surface area contributed by atoms with E-state index in [1.165, 1.54) is 0 Å². The number of hydrogen-bond donors (Lipinski definition) is 0. The molecule has 0 atom stereocenters. The lowest BCUT2D eigenvalue weighted by Crippen LogP contribution is -2.08. The average molecular weight is 202 g/mol. The molecule has 0 bridgehead atoms. The minimum atomic E-state index is -0.201. The topological polar surface area (TPSA) is 30.2 Å². The van der Waals surface area contributed by atoms with Crippen molar-refractivity contribution < 1.29 is 4.42 Å². The van der Waals surface area contributed by atoms with Gasteiger partial charge < -0.3 is 4.42 Å². The van der Waals surface area contributed by atoms with Gasteiger partial charge in [-0.2, -0.15) is 0 Å². The second-order valence-corrected chi connectivity index (χ2v) is 3.85. The van der Waals surface area contributed by atoms with Crippen LogP contribution in [0.1, 0.15) is 23.6 Å². The zero-order valence-electron chi connectivity index (χ0n) is 9.26. The van der Waals surface area contributed by atoms with Crippen LogP contribution in [0.4, 0.5) is 0 Å². The van der Waals surface area contributed by atoms with Crippen LogP contribution in [-0.4, -0.2) is 0 Å². The maximum Gasteiger partial charge on any atom is 0.339 e. The van der Waals surface area contributed by atoms with Crippen LogP contribution in [0.5, 0.6) is 0 Å². The highest BCUT2D eigenvalue weighted by Crippen LogP contribution is 2.20. The molecule has 1 heterocycles. The van der Waals surface area contributed by atoms with Crippen LogP contribution in [0.3, 0.4) is 0 Å². The molecule has 0 aliphatic rings. The van der Waals surface area contributed by atoms with Gasteiger partial charge in [0.15, 0.2) is 0 Å². The van der Waals surface area contributed by atoms with Gasteiger partial charge in [-0.05, 0) is 37.5 Å². The molecule has 0 saturated heterocycles. The van der Waals surface area contributed by atoms with Gasteiger partial charge in [0.25, 0.3) is 0 Å². The van der Waals surface area contributed by atoms with Crippen molar-refractivity contribution in [3.8, 4) is 0 Å². The third kappa shape index (κ3) is 1.56. The summed E-state index contributed by atoms with van der Waals surface area (Å²) in [7, 11) is 0. The molecular formula is C13H14O2. The van der Waals surface area contributed by atoms with E-state index in [0.29, 0.717) is 5.58 Å². The Bertz CT molecular complexity index is 564. The maximum atomic E-state index is 11.6. The van der Waals surface area contributed by atoms with Crippen molar-refractivity contribution in [2.75, 3.05) is 0 Å². The van der Waals surface area contributed by atoms with E-state index >= 15 is 0 Å². The Morgan fingerprint density at radius 3 is 2.67 bits per heavy atom. The molecule has 0 unspecified atom stereocenters. The third-order valence-corrected chi connectivity index (χ3v) is 2.80. The Balaban J connectivity index is 2.91. The van der Waals surface area contributed by atoms with Crippen molar-refractivity contribution in [1.29, 1.82) is 0 Å². The summed E-state index contributed by atoms with van der Waals surface area (Å²) in [5, 5.41) is 1.04. The van der Waals surface area contributed by atoms with Crippen LogP contribution < -0.4 is 5.63 Å². The quantitative estimate of drug-likeness (QED) is 0.665. The molecule has 0 radical (unpaired) electrons. The molecule has 0 aliphatic heterocycles. The highest BCUT2D eigenvalue weighted by atomic mass is 16.4. The second kappa shape index (κ2) is 3.54. The van der Waals surface area contributed by atoms with Gasteiger partial charge in [-0.25, -0.2) is 4.79 Å². The summed E-state index contributed by atoms with van der Waals surface area (Å²) in [6.45, 7) is 5.94. The van der Waals surface area contributed by atoms with Crippen molar-refractivity contribution in [2.45, 2.75) is 27.2 Å². The van der Waals surface area contributed by atoms with E-state index in [2.05, 4.69) is 0 Å². The standard InChI is InChI=1S/C13H14O2/c1-4-10-9(3)11-6-5-8(2)7-12(11)15-13(10)14/h5-7H,4H2,1-3H3. The van der Waals surface area contributed by atoms with Crippen molar-refractivity contribution in [3.05, 3.63) is 45.3 Å². The minimum absolute atomic E-state index is 0.201. The maximum absolute atomic E-state index is 11.6. The van der Waals surface area contributed by atoms with Crippen molar-refractivity contribution in [1.82, 2.24) is 0 Å². The van der Waals surface area contributed by atoms with Crippen LogP contribution in [0.15, 0.2) is 27.4 Å². The Labute approximate surface area is 88.5 Å². The smallest absolute Gasteiger partial charge is 0.339 e. The number of fused-ring (bicyclic) bond motifs is 1. The SMILES string of the molecule is CCc1c(C)c2ccc(C)cc2oc1=O. The Kier molecular flexibility index (Phi) is 2.35. The summed E-state index contributed by atoms with van der Waals surface area (Å²) < 4.78 is 5.29. The Morgan fingerprint density at radius 2 is 2.00 bits per heavy atom. The molecule has 1 aromatic carbocycles. The van der Waals surface area contributed by atoms with Gasteiger partial charge in [0, 0.05) is 10.9 Å². The first-order valence-corrected chi connectivity index (χ1v) is 5.16. The highest BCUT2D eigenvalue weighted by molar-refractivity contribution is 5.81. The van der Waals surface area contributed by atoms with E-state index in [9.17, 15) is 4.79 Å². The van der Waals surface area contributed by atoms with E-state index in [1.807, 2.05) is 39.0 Å². The van der Waals surface area contributed by atoms with Crippen LogP contribution in [0.2, 0.25) is 0 Å². The van der Waals surface area contributed by atoms with Crippen molar-refractivity contribution in [3.63, 3.8) is 0 Å². The van der Waals surface area contributed by atoms with E-state index in [1.54, 1.807) is 0 Å². The highest BCUT2D eigenvalue weighted by Gasteiger charge is 2.08. The Morgan fingerprint density at radius 1 is 1.27 bits per heavy atom. The fraction of sp³-hybridized carbons (Fsp3) is 0.308. The molecule has 2 aromatic rings. The van der Waals surface area contributed by atoms with Crippen molar-refractivity contribution in [2.24, 2.45) is 0 Å². The summed E-state index contributed by atoms with van der Waals surface area (Å²) in [4.78, 5) is 11.6. The molecule has 15 heavy (non-hydrogen) atoms. The van der Waals surface area contributed by atoms with Crippen LogP contribution in [0.25, 0.3) is 11.0 Å². The normalized spacial score (nSPS) is 10.9. The zero-order chi connectivity index (χ0) is 11.0. The molecule has 0 aliphatic carbocycles. The van der Waals surface area contributed by atoms with E-state index in [4.69, 9.17) is 4.42 Å². The molecule has 78 valence electrons. The van der Waals surface area contributed by atoms with Crippen molar-refractivity contribution >= 4 is 11.0 Å². The van der Waals surface area contributed by atoms with Gasteiger partial charge in [-0.1, -0.05) is 19.1 Å². The second-order valence-electron chi connectivity index (χ2n) is 3.85. The van der Waals surface area contributed by atoms with Crippen LogP contribution in [-0.2, 0) is 6.42 Å². The van der Waals surface area contributed by atoms with Gasteiger partial charge >= 0.3 is 5.63 Å². The number of rotatable bonds is 1. The van der Waals surface area contributed by atoms with Gasteiger partial charge in [0.2, 0.25) is 0 Å². The first kappa shape index (κ1) is 9.97. The average Bonchev–Trinajstić information content (AvgIpc) is 2.17. The molecule has 2 rings (SSSR count). The van der Waals surface area contributed by atoms with Gasteiger partial charge in [0.1, 0.15) is 5.58 Å². The molecule has 0 saturated carbocycles.